The van der Waals surface area contributed by atoms with Gasteiger partial charge in [-0.2, -0.15) is 0 Å². The Balaban J connectivity index is 2.39. The molecule has 2 aromatic carbocycles. The van der Waals surface area contributed by atoms with Crippen LogP contribution in [-0.4, -0.2) is 23.8 Å². The van der Waals surface area contributed by atoms with Gasteiger partial charge in [-0.15, -0.1) is 0 Å². The number of methoxy groups -OCH3 is 1. The minimum atomic E-state index is 0.536. The monoisotopic (exact) mass is 316 g/mol. The molecule has 114 valence electrons. The standard InChI is InChI=1S/C17H17ClN2O2/c1-3-8-20(21)17-13-6-4-11(18)9-16(13)19-15-7-5-12(22-2)10-14(15)17/h4-7,9-10,21H,3,8H2,1-2H3. The zero-order valence-electron chi connectivity index (χ0n) is 12.5. The number of aromatic nitrogens is 1. The van der Waals surface area contributed by atoms with Gasteiger partial charge in [-0.3, -0.25) is 10.3 Å². The number of nitrogens with zero attached hydrogens (tertiary/aromatic N) is 2. The first-order valence-corrected chi connectivity index (χ1v) is 7.55. The predicted octanol–water partition coefficient (Wildman–Crippen LogP) is 4.66. The third-order valence-corrected chi connectivity index (χ3v) is 3.84. The number of anilines is 1. The van der Waals surface area contributed by atoms with Crippen molar-refractivity contribution in [1.82, 2.24) is 4.98 Å². The van der Waals surface area contributed by atoms with Gasteiger partial charge >= 0.3 is 0 Å². The number of rotatable bonds is 4. The van der Waals surface area contributed by atoms with Crippen LogP contribution in [0.15, 0.2) is 36.4 Å². The minimum absolute atomic E-state index is 0.536. The second-order valence-electron chi connectivity index (χ2n) is 5.13. The van der Waals surface area contributed by atoms with Crippen LogP contribution in [0, 0.1) is 0 Å². The molecule has 0 aliphatic rings. The maximum Gasteiger partial charge on any atom is 0.119 e. The lowest BCUT2D eigenvalue weighted by atomic mass is 10.1. The summed E-state index contributed by atoms with van der Waals surface area (Å²) in [6.07, 6.45) is 0.833. The van der Waals surface area contributed by atoms with E-state index in [0.717, 1.165) is 39.7 Å². The third-order valence-electron chi connectivity index (χ3n) is 3.61. The van der Waals surface area contributed by atoms with Crippen molar-refractivity contribution in [2.45, 2.75) is 13.3 Å². The molecule has 3 rings (SSSR count). The van der Waals surface area contributed by atoms with Gasteiger partial charge in [0, 0.05) is 22.3 Å². The molecule has 0 amide bonds. The summed E-state index contributed by atoms with van der Waals surface area (Å²) in [5.41, 5.74) is 2.29. The van der Waals surface area contributed by atoms with Gasteiger partial charge in [0.05, 0.1) is 23.8 Å². The van der Waals surface area contributed by atoms with Gasteiger partial charge in [0.25, 0.3) is 0 Å². The zero-order valence-corrected chi connectivity index (χ0v) is 13.3. The molecule has 0 radical (unpaired) electrons. The Kier molecular flexibility index (Phi) is 4.05. The van der Waals surface area contributed by atoms with Crippen LogP contribution in [-0.2, 0) is 0 Å². The van der Waals surface area contributed by atoms with Gasteiger partial charge in [-0.1, -0.05) is 18.5 Å². The average Bonchev–Trinajstić information content (AvgIpc) is 2.52. The van der Waals surface area contributed by atoms with Gasteiger partial charge in [-0.25, -0.2) is 4.98 Å². The summed E-state index contributed by atoms with van der Waals surface area (Å²) in [4.78, 5) is 4.64. The largest absolute Gasteiger partial charge is 0.497 e. The molecule has 0 unspecified atom stereocenters. The van der Waals surface area contributed by atoms with E-state index in [4.69, 9.17) is 16.3 Å². The van der Waals surface area contributed by atoms with E-state index in [1.165, 1.54) is 5.06 Å². The van der Waals surface area contributed by atoms with Gasteiger partial charge in [0.2, 0.25) is 0 Å². The van der Waals surface area contributed by atoms with E-state index in [-0.39, 0.29) is 0 Å². The molecule has 1 heterocycles. The normalized spacial score (nSPS) is 11.1. The van der Waals surface area contributed by atoms with E-state index in [9.17, 15) is 5.21 Å². The topological polar surface area (TPSA) is 45.6 Å². The highest BCUT2D eigenvalue weighted by atomic mass is 35.5. The molecule has 4 nitrogen and oxygen atoms in total. The molecule has 0 atom stereocenters. The lowest BCUT2D eigenvalue weighted by molar-refractivity contribution is 0.256. The van der Waals surface area contributed by atoms with Gasteiger partial charge in [0.1, 0.15) is 5.75 Å². The van der Waals surface area contributed by atoms with E-state index >= 15 is 0 Å². The fourth-order valence-electron chi connectivity index (χ4n) is 2.60. The highest BCUT2D eigenvalue weighted by Gasteiger charge is 2.15. The van der Waals surface area contributed by atoms with Crippen molar-refractivity contribution < 1.29 is 9.94 Å². The molecule has 0 bridgehead atoms. The Bertz CT molecular complexity index is 836. The Morgan fingerprint density at radius 1 is 1.14 bits per heavy atom. The molecular weight excluding hydrogens is 300 g/mol. The van der Waals surface area contributed by atoms with Crippen LogP contribution in [0.3, 0.4) is 0 Å². The molecule has 1 aromatic heterocycles. The fraction of sp³-hybridized carbons (Fsp3) is 0.235. The van der Waals surface area contributed by atoms with Crippen LogP contribution in [0.2, 0.25) is 5.02 Å². The summed E-state index contributed by atoms with van der Waals surface area (Å²) < 4.78 is 5.30. The SMILES string of the molecule is CCCN(O)c1c2ccc(Cl)cc2nc2ccc(OC)cc12. The third kappa shape index (κ3) is 2.56. The second kappa shape index (κ2) is 5.99. The Morgan fingerprint density at radius 3 is 2.68 bits per heavy atom. The van der Waals surface area contributed by atoms with Crippen molar-refractivity contribution in [1.29, 1.82) is 0 Å². The van der Waals surface area contributed by atoms with Crippen molar-refractivity contribution in [3.63, 3.8) is 0 Å². The highest BCUT2D eigenvalue weighted by molar-refractivity contribution is 6.31. The van der Waals surface area contributed by atoms with Crippen molar-refractivity contribution in [2.24, 2.45) is 0 Å². The first-order valence-electron chi connectivity index (χ1n) is 7.17. The molecule has 3 aromatic rings. The first kappa shape index (κ1) is 14.9. The lowest BCUT2D eigenvalue weighted by Gasteiger charge is -2.20. The van der Waals surface area contributed by atoms with Crippen molar-refractivity contribution in [3.05, 3.63) is 41.4 Å². The number of hydrogen-bond donors (Lipinski definition) is 1. The van der Waals surface area contributed by atoms with Crippen LogP contribution < -0.4 is 9.80 Å². The summed E-state index contributed by atoms with van der Waals surface area (Å²) in [6.45, 7) is 2.56. The molecule has 0 fully saturated rings. The molecule has 0 saturated heterocycles. The van der Waals surface area contributed by atoms with Crippen LogP contribution in [0.5, 0.6) is 5.75 Å². The average molecular weight is 317 g/mol. The number of fused-ring (bicyclic) bond motifs is 2. The number of benzene rings is 2. The Morgan fingerprint density at radius 2 is 1.95 bits per heavy atom. The Hall–Kier alpha value is -2.04. The minimum Gasteiger partial charge on any atom is -0.497 e. The summed E-state index contributed by atoms with van der Waals surface area (Å²) in [6, 6.07) is 11.1. The van der Waals surface area contributed by atoms with Crippen molar-refractivity contribution >= 4 is 39.1 Å². The molecule has 0 aliphatic carbocycles. The number of halogens is 1. The summed E-state index contributed by atoms with van der Waals surface area (Å²) in [5, 5.41) is 14.1. The van der Waals surface area contributed by atoms with E-state index in [2.05, 4.69) is 4.98 Å². The zero-order chi connectivity index (χ0) is 15.7. The molecule has 0 spiro atoms. The van der Waals surface area contributed by atoms with E-state index < -0.39 is 0 Å². The molecular formula is C17H17ClN2O2. The highest BCUT2D eigenvalue weighted by Crippen LogP contribution is 2.36. The Labute approximate surface area is 133 Å². The number of ether oxygens (including phenoxy) is 1. The van der Waals surface area contributed by atoms with Crippen molar-refractivity contribution in [2.75, 3.05) is 18.7 Å². The smallest absolute Gasteiger partial charge is 0.119 e. The maximum atomic E-state index is 10.5. The fourth-order valence-corrected chi connectivity index (χ4v) is 2.77. The van der Waals surface area contributed by atoms with E-state index in [1.54, 1.807) is 13.2 Å². The van der Waals surface area contributed by atoms with Crippen LogP contribution in [0.4, 0.5) is 5.69 Å². The molecule has 0 saturated carbocycles. The van der Waals surface area contributed by atoms with Crippen molar-refractivity contribution in [3.8, 4) is 5.75 Å². The maximum absolute atomic E-state index is 10.5. The van der Waals surface area contributed by atoms with Crippen LogP contribution in [0.25, 0.3) is 21.8 Å². The molecule has 22 heavy (non-hydrogen) atoms. The number of hydroxylamine groups is 1. The summed E-state index contributed by atoms with van der Waals surface area (Å²) in [5.74, 6) is 0.730. The summed E-state index contributed by atoms with van der Waals surface area (Å²) in [7, 11) is 1.62. The lowest BCUT2D eigenvalue weighted by Crippen LogP contribution is -2.19. The molecule has 0 aliphatic heterocycles. The number of pyridine rings is 1. The second-order valence-corrected chi connectivity index (χ2v) is 5.56. The first-order chi connectivity index (χ1) is 10.6. The van der Waals surface area contributed by atoms with E-state index in [1.807, 2.05) is 37.3 Å². The van der Waals surface area contributed by atoms with Crippen LogP contribution in [0.1, 0.15) is 13.3 Å². The van der Waals surface area contributed by atoms with Gasteiger partial charge in [0.15, 0.2) is 0 Å². The molecule has 1 N–H and O–H groups in total. The van der Waals surface area contributed by atoms with Gasteiger partial charge < -0.3 is 4.74 Å². The van der Waals surface area contributed by atoms with Gasteiger partial charge in [-0.05, 0) is 42.8 Å². The molecule has 5 heteroatoms. The van der Waals surface area contributed by atoms with Crippen LogP contribution >= 0.6 is 11.6 Å². The quantitative estimate of drug-likeness (QED) is 0.562. The summed E-state index contributed by atoms with van der Waals surface area (Å²) >= 11 is 6.07. The number of hydrogen-bond acceptors (Lipinski definition) is 4. The van der Waals surface area contributed by atoms with E-state index in [0.29, 0.717) is 11.6 Å². The predicted molar refractivity (Wildman–Crippen MR) is 90.2 cm³/mol.